The molecule has 1 heterocycles. The number of anilines is 2. The fraction of sp³-hybridized carbons (Fsp3) is 0.500. The van der Waals surface area contributed by atoms with Crippen molar-refractivity contribution in [3.63, 3.8) is 0 Å². The minimum absolute atomic E-state index is 0.176. The first-order valence-electron chi connectivity index (χ1n) is 14.2. The number of aromatic nitrogens is 1. The number of carbonyl (C=O) groups excluding carboxylic acids is 1. The quantitative estimate of drug-likeness (QED) is 0.274. The number of hydrogen-bond acceptors (Lipinski definition) is 4. The molecular formula is C32H40N4O. The molecule has 4 fully saturated rings. The monoisotopic (exact) mass is 496 g/mol. The normalized spacial score (nSPS) is 25.9. The van der Waals surface area contributed by atoms with E-state index in [0.717, 1.165) is 66.2 Å². The van der Waals surface area contributed by atoms with E-state index in [2.05, 4.69) is 53.2 Å². The first-order chi connectivity index (χ1) is 18.0. The average molecular weight is 497 g/mol. The van der Waals surface area contributed by atoms with Crippen LogP contribution >= 0.6 is 0 Å². The number of pyridine rings is 1. The van der Waals surface area contributed by atoms with E-state index in [-0.39, 0.29) is 11.3 Å². The number of fused-ring (bicyclic) bond motifs is 1. The number of nitrogens with zero attached hydrogens (tertiary/aromatic N) is 1. The first kappa shape index (κ1) is 24.4. The van der Waals surface area contributed by atoms with E-state index in [1.54, 1.807) is 0 Å². The van der Waals surface area contributed by atoms with Crippen molar-refractivity contribution < 1.29 is 4.79 Å². The Bertz CT molecular complexity index is 1220. The van der Waals surface area contributed by atoms with Crippen LogP contribution < -0.4 is 16.0 Å². The van der Waals surface area contributed by atoms with Crippen molar-refractivity contribution in [1.29, 1.82) is 0 Å². The zero-order valence-corrected chi connectivity index (χ0v) is 22.1. The SMILES string of the molecule is Cc1ccc(CNCCCNc2ccc3c(NC(=O)CC45CC6CC(CC(C6)C4)C5)cccc3n2)cc1. The molecule has 0 radical (unpaired) electrons. The first-order valence-corrected chi connectivity index (χ1v) is 14.2. The van der Waals surface area contributed by atoms with Gasteiger partial charge in [-0.3, -0.25) is 4.79 Å². The molecule has 0 saturated heterocycles. The fourth-order valence-electron chi connectivity index (χ4n) is 7.77. The van der Waals surface area contributed by atoms with Gasteiger partial charge in [-0.15, -0.1) is 0 Å². The second kappa shape index (κ2) is 10.4. The Morgan fingerprint density at radius 1 is 0.919 bits per heavy atom. The molecule has 3 aromatic rings. The topological polar surface area (TPSA) is 66.0 Å². The summed E-state index contributed by atoms with van der Waals surface area (Å²) in [7, 11) is 0. The fourth-order valence-corrected chi connectivity index (χ4v) is 7.77. The van der Waals surface area contributed by atoms with Gasteiger partial charge in [-0.2, -0.15) is 0 Å². The van der Waals surface area contributed by atoms with E-state index < -0.39 is 0 Å². The molecular weight excluding hydrogens is 456 g/mol. The molecule has 0 spiro atoms. The summed E-state index contributed by atoms with van der Waals surface area (Å²) in [5, 5.41) is 11.2. The average Bonchev–Trinajstić information content (AvgIpc) is 2.86. The van der Waals surface area contributed by atoms with E-state index in [1.165, 1.54) is 49.7 Å². The molecule has 4 aliphatic carbocycles. The third-order valence-electron chi connectivity index (χ3n) is 8.99. The Morgan fingerprint density at radius 3 is 2.38 bits per heavy atom. The zero-order valence-electron chi connectivity index (χ0n) is 22.1. The maximum atomic E-state index is 13.2. The predicted octanol–water partition coefficient (Wildman–Crippen LogP) is 6.68. The largest absolute Gasteiger partial charge is 0.370 e. The molecule has 37 heavy (non-hydrogen) atoms. The molecule has 0 unspecified atom stereocenters. The Kier molecular flexibility index (Phi) is 6.90. The molecule has 1 aromatic heterocycles. The molecule has 1 amide bonds. The lowest BCUT2D eigenvalue weighted by atomic mass is 9.49. The lowest BCUT2D eigenvalue weighted by molar-refractivity contribution is -0.124. The van der Waals surface area contributed by atoms with Crippen molar-refractivity contribution in [1.82, 2.24) is 10.3 Å². The van der Waals surface area contributed by atoms with Crippen LogP contribution in [0.4, 0.5) is 11.5 Å². The highest BCUT2D eigenvalue weighted by atomic mass is 16.1. The summed E-state index contributed by atoms with van der Waals surface area (Å²) in [6.45, 7) is 4.82. The molecule has 7 rings (SSSR count). The van der Waals surface area contributed by atoms with Gasteiger partial charge in [0.25, 0.3) is 0 Å². The van der Waals surface area contributed by atoms with Crippen molar-refractivity contribution in [3.05, 3.63) is 65.7 Å². The Labute approximate surface area is 220 Å². The summed E-state index contributed by atoms with van der Waals surface area (Å²) in [4.78, 5) is 18.0. The van der Waals surface area contributed by atoms with E-state index in [0.29, 0.717) is 6.42 Å². The smallest absolute Gasteiger partial charge is 0.224 e. The summed E-state index contributed by atoms with van der Waals surface area (Å²) in [5.41, 5.74) is 4.66. The number of hydrogen-bond donors (Lipinski definition) is 3. The van der Waals surface area contributed by atoms with Crippen LogP contribution in [0.3, 0.4) is 0 Å². The third kappa shape index (κ3) is 5.67. The Balaban J connectivity index is 1.00. The summed E-state index contributed by atoms with van der Waals surface area (Å²) >= 11 is 0. The standard InChI is InChI=1S/C32H40N4O/c1-22-6-8-23(9-7-22)21-33-12-3-13-34-30-11-10-27-28(35-30)4-2-5-29(27)36-31(37)20-32-17-24-14-25(18-32)16-26(15-24)19-32/h2,4-11,24-26,33H,3,12-21H2,1H3,(H,34,35)(H,36,37). The third-order valence-corrected chi connectivity index (χ3v) is 8.99. The van der Waals surface area contributed by atoms with Gasteiger partial charge in [-0.1, -0.05) is 35.9 Å². The summed E-state index contributed by atoms with van der Waals surface area (Å²) in [5.74, 6) is 3.67. The molecule has 2 aromatic carbocycles. The number of carbonyl (C=O) groups is 1. The molecule has 3 N–H and O–H groups in total. The van der Waals surface area contributed by atoms with Crippen molar-refractivity contribution in [3.8, 4) is 0 Å². The molecule has 4 bridgehead atoms. The molecule has 4 aliphatic rings. The lowest BCUT2D eigenvalue weighted by Gasteiger charge is -2.56. The van der Waals surface area contributed by atoms with Gasteiger partial charge in [-0.25, -0.2) is 4.98 Å². The number of nitrogens with one attached hydrogen (secondary N) is 3. The molecule has 5 nitrogen and oxygen atoms in total. The van der Waals surface area contributed by atoms with Crippen LogP contribution in [0.25, 0.3) is 10.9 Å². The number of amides is 1. The van der Waals surface area contributed by atoms with Crippen molar-refractivity contribution >= 4 is 28.3 Å². The van der Waals surface area contributed by atoms with E-state index in [1.807, 2.05) is 24.3 Å². The van der Waals surface area contributed by atoms with E-state index >= 15 is 0 Å². The van der Waals surface area contributed by atoms with Crippen LogP contribution in [0.1, 0.15) is 62.5 Å². The van der Waals surface area contributed by atoms with Gasteiger partial charge in [-0.05, 0) is 111 Å². The Morgan fingerprint density at radius 2 is 1.65 bits per heavy atom. The van der Waals surface area contributed by atoms with Gasteiger partial charge >= 0.3 is 0 Å². The van der Waals surface area contributed by atoms with E-state index in [4.69, 9.17) is 4.98 Å². The van der Waals surface area contributed by atoms with Crippen molar-refractivity contribution in [2.24, 2.45) is 23.2 Å². The molecule has 0 aliphatic heterocycles. The minimum atomic E-state index is 0.176. The molecule has 5 heteroatoms. The van der Waals surface area contributed by atoms with Gasteiger partial charge in [0.1, 0.15) is 5.82 Å². The van der Waals surface area contributed by atoms with Crippen LogP contribution in [0.2, 0.25) is 0 Å². The van der Waals surface area contributed by atoms with Crippen LogP contribution in [0.5, 0.6) is 0 Å². The molecule has 4 saturated carbocycles. The van der Waals surface area contributed by atoms with Gasteiger partial charge in [0, 0.05) is 24.9 Å². The summed E-state index contributed by atoms with van der Waals surface area (Å²) in [6, 6.07) is 18.8. The number of benzene rings is 2. The molecule has 0 atom stereocenters. The number of aryl methyl sites for hydroxylation is 1. The van der Waals surface area contributed by atoms with Crippen molar-refractivity contribution in [2.75, 3.05) is 23.7 Å². The van der Waals surface area contributed by atoms with Crippen molar-refractivity contribution in [2.45, 2.75) is 64.8 Å². The van der Waals surface area contributed by atoms with Crippen LogP contribution in [-0.2, 0) is 11.3 Å². The lowest BCUT2D eigenvalue weighted by Crippen LogP contribution is -2.47. The van der Waals surface area contributed by atoms with E-state index in [9.17, 15) is 4.79 Å². The van der Waals surface area contributed by atoms with Crippen LogP contribution in [0.15, 0.2) is 54.6 Å². The van der Waals surface area contributed by atoms with Crippen LogP contribution in [0, 0.1) is 30.1 Å². The predicted molar refractivity (Wildman–Crippen MR) is 152 cm³/mol. The van der Waals surface area contributed by atoms with Gasteiger partial charge in [0.15, 0.2) is 0 Å². The maximum absolute atomic E-state index is 13.2. The van der Waals surface area contributed by atoms with Gasteiger partial charge < -0.3 is 16.0 Å². The Hall–Kier alpha value is -2.92. The molecule has 194 valence electrons. The van der Waals surface area contributed by atoms with Gasteiger partial charge in [0.2, 0.25) is 5.91 Å². The second-order valence-corrected chi connectivity index (χ2v) is 12.2. The highest BCUT2D eigenvalue weighted by Crippen LogP contribution is 2.61. The van der Waals surface area contributed by atoms with Gasteiger partial charge in [0.05, 0.1) is 11.2 Å². The highest BCUT2D eigenvalue weighted by molar-refractivity contribution is 6.01. The highest BCUT2D eigenvalue weighted by Gasteiger charge is 2.51. The number of rotatable bonds is 10. The summed E-state index contributed by atoms with van der Waals surface area (Å²) in [6.07, 6.45) is 9.73. The minimum Gasteiger partial charge on any atom is -0.370 e. The summed E-state index contributed by atoms with van der Waals surface area (Å²) < 4.78 is 0. The van der Waals surface area contributed by atoms with Crippen LogP contribution in [-0.4, -0.2) is 24.0 Å². The maximum Gasteiger partial charge on any atom is 0.224 e. The second-order valence-electron chi connectivity index (χ2n) is 12.2. The zero-order chi connectivity index (χ0) is 25.2.